The lowest BCUT2D eigenvalue weighted by molar-refractivity contribution is 0.598. The smallest absolute Gasteiger partial charge is 0.262 e. The average molecular weight is 293 g/mol. The maximum atomic E-state index is 13.7. The van der Waals surface area contributed by atoms with Gasteiger partial charge in [-0.05, 0) is 55.7 Å². The first-order valence-corrected chi connectivity index (χ1v) is 7.64. The van der Waals surface area contributed by atoms with Crippen LogP contribution in [0.2, 0.25) is 0 Å². The van der Waals surface area contributed by atoms with E-state index in [9.17, 15) is 12.8 Å². The second kappa shape index (κ2) is 5.25. The fourth-order valence-corrected chi connectivity index (χ4v) is 3.30. The summed E-state index contributed by atoms with van der Waals surface area (Å²) in [7, 11) is -3.79. The average Bonchev–Trinajstić information content (AvgIpc) is 2.35. The molecule has 0 aliphatic carbocycles. The first-order chi connectivity index (χ1) is 9.29. The third-order valence-electron chi connectivity index (χ3n) is 3.00. The Labute approximate surface area is 118 Å². The van der Waals surface area contributed by atoms with Crippen LogP contribution in [0.4, 0.5) is 10.1 Å². The van der Waals surface area contributed by atoms with Crippen LogP contribution in [0.5, 0.6) is 0 Å². The molecule has 2 aromatic carbocycles. The van der Waals surface area contributed by atoms with E-state index >= 15 is 0 Å². The molecular weight excluding hydrogens is 277 g/mol. The van der Waals surface area contributed by atoms with Gasteiger partial charge in [0.1, 0.15) is 5.82 Å². The molecule has 0 bridgehead atoms. The molecule has 3 nitrogen and oxygen atoms in total. The fourth-order valence-electron chi connectivity index (χ4n) is 1.90. The van der Waals surface area contributed by atoms with E-state index in [1.54, 1.807) is 32.0 Å². The summed E-state index contributed by atoms with van der Waals surface area (Å²) in [6.45, 7) is 5.26. The van der Waals surface area contributed by atoms with Crippen LogP contribution in [0.1, 0.15) is 16.7 Å². The molecule has 0 radical (unpaired) electrons. The number of aryl methyl sites for hydroxylation is 3. The van der Waals surface area contributed by atoms with Gasteiger partial charge in [0.15, 0.2) is 0 Å². The fraction of sp³-hybridized carbons (Fsp3) is 0.200. The number of halogens is 1. The van der Waals surface area contributed by atoms with E-state index in [1.807, 2.05) is 13.0 Å². The van der Waals surface area contributed by atoms with Gasteiger partial charge in [-0.15, -0.1) is 0 Å². The van der Waals surface area contributed by atoms with Gasteiger partial charge < -0.3 is 0 Å². The van der Waals surface area contributed by atoms with Crippen molar-refractivity contribution >= 4 is 15.7 Å². The van der Waals surface area contributed by atoms with Crippen LogP contribution in [0.25, 0.3) is 0 Å². The molecule has 0 unspecified atom stereocenters. The lowest BCUT2D eigenvalue weighted by Gasteiger charge is -2.12. The number of rotatable bonds is 3. The number of anilines is 1. The van der Waals surface area contributed by atoms with Gasteiger partial charge in [0, 0.05) is 0 Å². The van der Waals surface area contributed by atoms with Gasteiger partial charge >= 0.3 is 0 Å². The van der Waals surface area contributed by atoms with Crippen LogP contribution in [0.3, 0.4) is 0 Å². The molecular formula is C15H16FNO2S. The summed E-state index contributed by atoms with van der Waals surface area (Å²) in [6, 6.07) is 9.51. The molecule has 0 saturated heterocycles. The lowest BCUT2D eigenvalue weighted by Crippen LogP contribution is -2.15. The summed E-state index contributed by atoms with van der Waals surface area (Å²) in [5.74, 6) is -0.584. The SMILES string of the molecule is Cc1ccc(NS(=O)(=O)c2cc(C)ccc2C)c(F)c1. The second-order valence-corrected chi connectivity index (χ2v) is 6.51. The van der Waals surface area contributed by atoms with Crippen LogP contribution in [-0.4, -0.2) is 8.42 Å². The number of nitrogens with one attached hydrogen (secondary N) is 1. The van der Waals surface area contributed by atoms with Gasteiger partial charge in [-0.1, -0.05) is 18.2 Å². The van der Waals surface area contributed by atoms with E-state index < -0.39 is 15.8 Å². The molecule has 0 amide bonds. The van der Waals surface area contributed by atoms with Crippen molar-refractivity contribution in [2.45, 2.75) is 25.7 Å². The minimum atomic E-state index is -3.79. The van der Waals surface area contributed by atoms with Crippen LogP contribution >= 0.6 is 0 Å². The summed E-state index contributed by atoms with van der Waals surface area (Å²) in [4.78, 5) is 0.164. The van der Waals surface area contributed by atoms with Gasteiger partial charge in [-0.3, -0.25) is 4.72 Å². The summed E-state index contributed by atoms with van der Waals surface area (Å²) < 4.78 is 40.7. The number of hydrogen-bond donors (Lipinski definition) is 1. The summed E-state index contributed by atoms with van der Waals surface area (Å²) in [5.41, 5.74) is 2.14. The highest BCUT2D eigenvalue weighted by molar-refractivity contribution is 7.92. The van der Waals surface area contributed by atoms with E-state index in [0.29, 0.717) is 5.56 Å². The van der Waals surface area contributed by atoms with Crippen molar-refractivity contribution in [2.75, 3.05) is 4.72 Å². The Morgan fingerprint density at radius 2 is 1.55 bits per heavy atom. The molecule has 5 heteroatoms. The van der Waals surface area contributed by atoms with Gasteiger partial charge in [-0.25, -0.2) is 12.8 Å². The molecule has 20 heavy (non-hydrogen) atoms. The molecule has 2 rings (SSSR count). The first kappa shape index (κ1) is 14.5. The third-order valence-corrected chi connectivity index (χ3v) is 4.51. The summed E-state index contributed by atoms with van der Waals surface area (Å²) >= 11 is 0. The second-order valence-electron chi connectivity index (χ2n) is 4.86. The molecule has 0 spiro atoms. The van der Waals surface area contributed by atoms with Crippen LogP contribution in [-0.2, 0) is 10.0 Å². The molecule has 0 atom stereocenters. The molecule has 0 heterocycles. The highest BCUT2D eigenvalue weighted by Crippen LogP contribution is 2.22. The zero-order valence-electron chi connectivity index (χ0n) is 11.6. The van der Waals surface area contributed by atoms with Gasteiger partial charge in [0.2, 0.25) is 0 Å². The quantitative estimate of drug-likeness (QED) is 0.940. The minimum absolute atomic E-state index is 0.0449. The largest absolute Gasteiger partial charge is 0.277 e. The molecule has 0 aliphatic heterocycles. The van der Waals surface area contributed by atoms with Gasteiger partial charge in [0.25, 0.3) is 10.0 Å². The van der Waals surface area contributed by atoms with Crippen molar-refractivity contribution in [3.8, 4) is 0 Å². The van der Waals surface area contributed by atoms with Gasteiger partial charge in [-0.2, -0.15) is 0 Å². The molecule has 0 aliphatic rings. The molecule has 106 valence electrons. The number of sulfonamides is 1. The predicted octanol–water partition coefficient (Wildman–Crippen LogP) is 3.55. The van der Waals surface area contributed by atoms with Crippen molar-refractivity contribution in [3.05, 3.63) is 58.9 Å². The molecule has 1 N–H and O–H groups in total. The van der Waals surface area contributed by atoms with Crippen molar-refractivity contribution < 1.29 is 12.8 Å². The zero-order valence-corrected chi connectivity index (χ0v) is 12.4. The predicted molar refractivity (Wildman–Crippen MR) is 77.9 cm³/mol. The third kappa shape index (κ3) is 2.99. The highest BCUT2D eigenvalue weighted by atomic mass is 32.2. The topological polar surface area (TPSA) is 46.2 Å². The normalized spacial score (nSPS) is 11.4. The molecule has 2 aromatic rings. The minimum Gasteiger partial charge on any atom is -0.277 e. The first-order valence-electron chi connectivity index (χ1n) is 6.16. The van der Waals surface area contributed by atoms with Crippen LogP contribution in [0, 0.1) is 26.6 Å². The Balaban J connectivity index is 2.43. The van der Waals surface area contributed by atoms with Crippen molar-refractivity contribution in [2.24, 2.45) is 0 Å². The van der Waals surface area contributed by atoms with E-state index in [1.165, 1.54) is 12.1 Å². The summed E-state index contributed by atoms with van der Waals surface area (Å²) in [6.07, 6.45) is 0. The highest BCUT2D eigenvalue weighted by Gasteiger charge is 2.18. The molecule has 0 aromatic heterocycles. The lowest BCUT2D eigenvalue weighted by atomic mass is 10.2. The van der Waals surface area contributed by atoms with E-state index in [4.69, 9.17) is 0 Å². The Hall–Kier alpha value is -1.88. The maximum absolute atomic E-state index is 13.7. The monoisotopic (exact) mass is 293 g/mol. The maximum Gasteiger partial charge on any atom is 0.262 e. The zero-order chi connectivity index (χ0) is 14.9. The number of hydrogen-bond acceptors (Lipinski definition) is 2. The summed E-state index contributed by atoms with van der Waals surface area (Å²) in [5, 5.41) is 0. The van der Waals surface area contributed by atoms with Crippen molar-refractivity contribution in [1.82, 2.24) is 0 Å². The molecule has 0 fully saturated rings. The Kier molecular flexibility index (Phi) is 3.81. The van der Waals surface area contributed by atoms with E-state index in [2.05, 4.69) is 4.72 Å². The van der Waals surface area contributed by atoms with E-state index in [-0.39, 0.29) is 10.6 Å². The molecule has 0 saturated carbocycles. The Morgan fingerprint density at radius 1 is 0.950 bits per heavy atom. The van der Waals surface area contributed by atoms with Crippen LogP contribution in [0.15, 0.2) is 41.3 Å². The van der Waals surface area contributed by atoms with Gasteiger partial charge in [0.05, 0.1) is 10.6 Å². The Bertz CT molecular complexity index is 754. The van der Waals surface area contributed by atoms with Crippen molar-refractivity contribution in [1.29, 1.82) is 0 Å². The Morgan fingerprint density at radius 3 is 2.20 bits per heavy atom. The number of benzene rings is 2. The van der Waals surface area contributed by atoms with E-state index in [0.717, 1.165) is 11.1 Å². The standard InChI is InChI=1S/C15H16FNO2S/c1-10-5-7-14(13(16)8-10)17-20(18,19)15-9-11(2)4-6-12(15)3/h4-9,17H,1-3H3. The van der Waals surface area contributed by atoms with Crippen LogP contribution < -0.4 is 4.72 Å². The van der Waals surface area contributed by atoms with Crippen molar-refractivity contribution in [3.63, 3.8) is 0 Å².